The number of nitrogens with zero attached hydrogens (tertiary/aromatic N) is 2. The summed E-state index contributed by atoms with van der Waals surface area (Å²) in [7, 11) is 0. The van der Waals surface area contributed by atoms with E-state index in [1.807, 2.05) is 13.8 Å². The maximum atomic E-state index is 12.9. The molecular formula is C12H14F3N3O2. The van der Waals surface area contributed by atoms with E-state index >= 15 is 0 Å². The summed E-state index contributed by atoms with van der Waals surface area (Å²) < 4.78 is 38.7. The molecule has 0 radical (unpaired) electrons. The zero-order chi connectivity index (χ0) is 15.1. The molecule has 5 nitrogen and oxygen atoms in total. The number of halogens is 3. The summed E-state index contributed by atoms with van der Waals surface area (Å²) in [4.78, 5) is 11.4. The van der Waals surface area contributed by atoms with Crippen molar-refractivity contribution in [3.63, 3.8) is 0 Å². The highest BCUT2D eigenvalue weighted by Crippen LogP contribution is 2.38. The molecule has 0 amide bonds. The van der Waals surface area contributed by atoms with Crippen LogP contribution in [0.15, 0.2) is 18.2 Å². The van der Waals surface area contributed by atoms with Crippen molar-refractivity contribution >= 4 is 11.4 Å². The van der Waals surface area contributed by atoms with Gasteiger partial charge in [-0.2, -0.15) is 13.2 Å². The van der Waals surface area contributed by atoms with Crippen LogP contribution in [0.5, 0.6) is 0 Å². The van der Waals surface area contributed by atoms with Gasteiger partial charge in [0, 0.05) is 23.8 Å². The molecule has 1 fully saturated rings. The van der Waals surface area contributed by atoms with Crippen molar-refractivity contribution in [3.8, 4) is 0 Å². The monoisotopic (exact) mass is 289 g/mol. The third-order valence-corrected chi connectivity index (χ3v) is 3.18. The second-order valence-electron chi connectivity index (χ2n) is 5.37. The topological polar surface area (TPSA) is 58.4 Å². The number of hydrogen-bond acceptors (Lipinski definition) is 4. The lowest BCUT2D eigenvalue weighted by atomic mass is 10.1. The Labute approximate surface area is 113 Å². The molecule has 0 saturated carbocycles. The summed E-state index contributed by atoms with van der Waals surface area (Å²) in [5.41, 5.74) is -2.03. The lowest BCUT2D eigenvalue weighted by Gasteiger charge is -2.21. The number of alkyl halides is 3. The maximum absolute atomic E-state index is 12.9. The summed E-state index contributed by atoms with van der Waals surface area (Å²) in [6.07, 6.45) is -4.75. The van der Waals surface area contributed by atoms with Crippen LogP contribution >= 0.6 is 0 Å². The molecule has 1 heterocycles. The van der Waals surface area contributed by atoms with Crippen LogP contribution in [0, 0.1) is 10.1 Å². The fourth-order valence-corrected chi connectivity index (χ4v) is 2.19. The van der Waals surface area contributed by atoms with Gasteiger partial charge in [-0.05, 0) is 26.0 Å². The molecular weight excluding hydrogens is 275 g/mol. The van der Waals surface area contributed by atoms with E-state index in [4.69, 9.17) is 0 Å². The molecule has 0 spiro atoms. The van der Waals surface area contributed by atoms with E-state index in [2.05, 4.69) is 5.32 Å². The van der Waals surface area contributed by atoms with E-state index in [0.717, 1.165) is 12.1 Å². The number of rotatable bonds is 2. The van der Waals surface area contributed by atoms with Crippen molar-refractivity contribution in [1.29, 1.82) is 0 Å². The number of nitrogens with one attached hydrogen (secondary N) is 1. The zero-order valence-electron chi connectivity index (χ0n) is 11.0. The van der Waals surface area contributed by atoms with Crippen molar-refractivity contribution in [2.24, 2.45) is 0 Å². The molecule has 2 rings (SSSR count). The van der Waals surface area contributed by atoms with Crippen LogP contribution in [0.2, 0.25) is 0 Å². The van der Waals surface area contributed by atoms with Crippen LogP contribution in [-0.2, 0) is 6.18 Å². The molecule has 1 saturated heterocycles. The molecule has 1 aromatic carbocycles. The molecule has 1 aromatic rings. The number of hydrogen-bond donors (Lipinski definition) is 1. The zero-order valence-corrected chi connectivity index (χ0v) is 11.0. The predicted molar refractivity (Wildman–Crippen MR) is 67.5 cm³/mol. The van der Waals surface area contributed by atoms with Gasteiger partial charge >= 0.3 is 6.18 Å². The average molecular weight is 289 g/mol. The molecule has 1 N–H and O–H groups in total. The van der Waals surface area contributed by atoms with Gasteiger partial charge in [0.05, 0.1) is 11.6 Å². The van der Waals surface area contributed by atoms with E-state index < -0.39 is 22.4 Å². The highest BCUT2D eigenvalue weighted by Gasteiger charge is 2.39. The Morgan fingerprint density at radius 1 is 1.40 bits per heavy atom. The van der Waals surface area contributed by atoms with Gasteiger partial charge in [0.2, 0.25) is 0 Å². The fraction of sp³-hybridized carbons (Fsp3) is 0.500. The largest absolute Gasteiger partial charge is 0.423 e. The Hall–Kier alpha value is -1.83. The molecule has 0 unspecified atom stereocenters. The van der Waals surface area contributed by atoms with Crippen LogP contribution in [0.4, 0.5) is 24.5 Å². The van der Waals surface area contributed by atoms with Gasteiger partial charge in [0.15, 0.2) is 0 Å². The first kappa shape index (κ1) is 14.6. The summed E-state index contributed by atoms with van der Waals surface area (Å²) in [6, 6.07) is 3.08. The molecule has 110 valence electrons. The molecule has 0 atom stereocenters. The van der Waals surface area contributed by atoms with Crippen molar-refractivity contribution in [1.82, 2.24) is 5.32 Å². The number of nitro benzene ring substituents is 1. The molecule has 1 aliphatic heterocycles. The van der Waals surface area contributed by atoms with Crippen molar-refractivity contribution in [2.75, 3.05) is 18.1 Å². The quantitative estimate of drug-likeness (QED) is 0.672. The van der Waals surface area contributed by atoms with Crippen molar-refractivity contribution in [2.45, 2.75) is 25.6 Å². The molecule has 1 aliphatic rings. The van der Waals surface area contributed by atoms with E-state index in [-0.39, 0.29) is 5.54 Å². The number of benzene rings is 1. The van der Waals surface area contributed by atoms with Crippen LogP contribution in [0.25, 0.3) is 0 Å². The number of nitro groups is 1. The lowest BCUT2D eigenvalue weighted by molar-refractivity contribution is -0.388. The SMILES string of the molecule is CC1(C)CN(c2ccc([N+](=O)[O-])c(C(F)(F)F)c2)CN1. The molecule has 20 heavy (non-hydrogen) atoms. The second-order valence-corrected chi connectivity index (χ2v) is 5.37. The van der Waals surface area contributed by atoms with E-state index in [0.29, 0.717) is 18.9 Å². The van der Waals surface area contributed by atoms with E-state index in [1.165, 1.54) is 6.07 Å². The summed E-state index contributed by atoms with van der Waals surface area (Å²) in [6.45, 7) is 4.80. The molecule has 0 aliphatic carbocycles. The Morgan fingerprint density at radius 3 is 2.50 bits per heavy atom. The normalized spacial score (nSPS) is 18.4. The molecule has 8 heteroatoms. The first-order valence-electron chi connectivity index (χ1n) is 5.96. The van der Waals surface area contributed by atoms with Gasteiger partial charge in [-0.3, -0.25) is 15.4 Å². The Balaban J connectivity index is 2.41. The van der Waals surface area contributed by atoms with Crippen molar-refractivity contribution in [3.05, 3.63) is 33.9 Å². The Kier molecular flexibility index (Phi) is 3.37. The van der Waals surface area contributed by atoms with Crippen LogP contribution < -0.4 is 10.2 Å². The standard InChI is InChI=1S/C12H14F3N3O2/c1-11(2)6-17(7-16-11)8-3-4-10(18(19)20)9(5-8)12(13,14)15/h3-5,16H,6-7H2,1-2H3. The fourth-order valence-electron chi connectivity index (χ4n) is 2.19. The Bertz CT molecular complexity index is 543. The minimum atomic E-state index is -4.75. The first-order valence-corrected chi connectivity index (χ1v) is 5.96. The minimum Gasteiger partial charge on any atom is -0.357 e. The summed E-state index contributed by atoms with van der Waals surface area (Å²) in [5, 5.41) is 13.8. The predicted octanol–water partition coefficient (Wildman–Crippen LogP) is 2.76. The average Bonchev–Trinajstić information content (AvgIpc) is 2.67. The number of anilines is 1. The Morgan fingerprint density at radius 2 is 2.05 bits per heavy atom. The van der Waals surface area contributed by atoms with Gasteiger partial charge in [-0.15, -0.1) is 0 Å². The maximum Gasteiger partial charge on any atom is 0.423 e. The van der Waals surface area contributed by atoms with Gasteiger partial charge in [0.1, 0.15) is 5.56 Å². The third-order valence-electron chi connectivity index (χ3n) is 3.18. The van der Waals surface area contributed by atoms with E-state index in [9.17, 15) is 23.3 Å². The third kappa shape index (κ3) is 2.84. The highest BCUT2D eigenvalue weighted by atomic mass is 19.4. The van der Waals surface area contributed by atoms with Gasteiger partial charge in [0.25, 0.3) is 5.69 Å². The van der Waals surface area contributed by atoms with Gasteiger partial charge < -0.3 is 4.90 Å². The van der Waals surface area contributed by atoms with Crippen molar-refractivity contribution < 1.29 is 18.1 Å². The smallest absolute Gasteiger partial charge is 0.357 e. The van der Waals surface area contributed by atoms with Crippen LogP contribution in [0.3, 0.4) is 0 Å². The van der Waals surface area contributed by atoms with E-state index in [1.54, 1.807) is 4.90 Å². The second kappa shape index (κ2) is 4.62. The molecule has 0 bridgehead atoms. The summed E-state index contributed by atoms with van der Waals surface area (Å²) in [5.74, 6) is 0. The van der Waals surface area contributed by atoms with Crippen LogP contribution in [-0.4, -0.2) is 23.7 Å². The molecule has 0 aromatic heterocycles. The van der Waals surface area contributed by atoms with Gasteiger partial charge in [-0.1, -0.05) is 0 Å². The lowest BCUT2D eigenvalue weighted by Crippen LogP contribution is -2.34. The van der Waals surface area contributed by atoms with Gasteiger partial charge in [-0.25, -0.2) is 0 Å². The highest BCUT2D eigenvalue weighted by molar-refractivity contribution is 5.57. The van der Waals surface area contributed by atoms with Crippen LogP contribution in [0.1, 0.15) is 19.4 Å². The first-order chi connectivity index (χ1) is 9.10. The minimum absolute atomic E-state index is 0.208. The summed E-state index contributed by atoms with van der Waals surface area (Å²) >= 11 is 0.